The fourth-order valence-electron chi connectivity index (χ4n) is 3.96. The molecule has 1 aliphatic rings. The van der Waals surface area contributed by atoms with E-state index in [2.05, 4.69) is 19.2 Å². The summed E-state index contributed by atoms with van der Waals surface area (Å²) in [6.07, 6.45) is 0. The molecule has 3 aromatic rings. The van der Waals surface area contributed by atoms with Gasteiger partial charge in [-0.25, -0.2) is 4.90 Å². The summed E-state index contributed by atoms with van der Waals surface area (Å²) in [5, 5.41) is 3.23. The first-order chi connectivity index (χ1) is 15.8. The number of methoxy groups -OCH3 is 1. The monoisotopic (exact) mass is 440 g/mol. The average molecular weight is 441 g/mol. The summed E-state index contributed by atoms with van der Waals surface area (Å²) in [6.45, 7) is 8.16. The van der Waals surface area contributed by atoms with E-state index in [0.29, 0.717) is 28.5 Å². The molecular formula is C28H28N2O3. The van der Waals surface area contributed by atoms with Crippen LogP contribution in [0.3, 0.4) is 0 Å². The van der Waals surface area contributed by atoms with Crippen molar-refractivity contribution in [3.8, 4) is 5.75 Å². The largest absolute Gasteiger partial charge is 0.497 e. The summed E-state index contributed by atoms with van der Waals surface area (Å²) in [5.74, 6) is 0.372. The number of ether oxygens (including phenoxy) is 1. The van der Waals surface area contributed by atoms with Gasteiger partial charge in [-0.1, -0.05) is 50.2 Å². The fraction of sp³-hybridized carbons (Fsp3) is 0.214. The third-order valence-corrected chi connectivity index (χ3v) is 6.13. The van der Waals surface area contributed by atoms with Crippen molar-refractivity contribution in [1.82, 2.24) is 0 Å². The number of carbonyl (C=O) groups excluding carboxylic acids is 2. The molecule has 1 aliphatic heterocycles. The van der Waals surface area contributed by atoms with Crippen molar-refractivity contribution in [3.63, 3.8) is 0 Å². The molecule has 0 aliphatic carbocycles. The van der Waals surface area contributed by atoms with Crippen LogP contribution in [0.5, 0.6) is 5.75 Å². The molecule has 1 N–H and O–H groups in total. The number of nitrogens with one attached hydrogen (secondary N) is 1. The van der Waals surface area contributed by atoms with Crippen molar-refractivity contribution in [2.75, 3.05) is 17.3 Å². The summed E-state index contributed by atoms with van der Waals surface area (Å²) in [6, 6.07) is 20.8. The predicted molar refractivity (Wildman–Crippen MR) is 132 cm³/mol. The Morgan fingerprint density at radius 1 is 0.848 bits per heavy atom. The number of hydrogen-bond donors (Lipinski definition) is 1. The van der Waals surface area contributed by atoms with Crippen LogP contribution in [-0.2, 0) is 9.59 Å². The molecule has 0 bridgehead atoms. The smallest absolute Gasteiger partial charge is 0.282 e. The Morgan fingerprint density at radius 2 is 1.52 bits per heavy atom. The molecule has 0 fully saturated rings. The molecule has 3 aromatic carbocycles. The normalized spacial score (nSPS) is 13.8. The van der Waals surface area contributed by atoms with E-state index >= 15 is 0 Å². The molecule has 1 heterocycles. The summed E-state index contributed by atoms with van der Waals surface area (Å²) in [5.41, 5.74) is 5.74. The van der Waals surface area contributed by atoms with Gasteiger partial charge >= 0.3 is 0 Å². The minimum atomic E-state index is -0.368. The van der Waals surface area contributed by atoms with E-state index in [9.17, 15) is 9.59 Å². The highest BCUT2D eigenvalue weighted by Gasteiger charge is 2.41. The molecule has 0 unspecified atom stereocenters. The number of rotatable bonds is 6. The minimum Gasteiger partial charge on any atom is -0.497 e. The van der Waals surface area contributed by atoms with Gasteiger partial charge in [0, 0.05) is 5.69 Å². The van der Waals surface area contributed by atoms with Gasteiger partial charge < -0.3 is 10.1 Å². The van der Waals surface area contributed by atoms with Crippen LogP contribution < -0.4 is 15.0 Å². The van der Waals surface area contributed by atoms with Crippen molar-refractivity contribution < 1.29 is 14.3 Å². The Morgan fingerprint density at radius 3 is 2.12 bits per heavy atom. The zero-order valence-corrected chi connectivity index (χ0v) is 19.6. The zero-order valence-electron chi connectivity index (χ0n) is 19.6. The lowest BCUT2D eigenvalue weighted by atomic mass is 10.0. The molecule has 0 saturated heterocycles. The first-order valence-corrected chi connectivity index (χ1v) is 11.0. The zero-order chi connectivity index (χ0) is 23.7. The number of amides is 2. The first kappa shape index (κ1) is 22.3. The van der Waals surface area contributed by atoms with Gasteiger partial charge in [0.15, 0.2) is 0 Å². The molecule has 168 valence electrons. The second-order valence-electron chi connectivity index (χ2n) is 8.54. The number of hydrogen-bond acceptors (Lipinski definition) is 4. The molecule has 0 spiro atoms. The Kier molecular flexibility index (Phi) is 6.05. The lowest BCUT2D eigenvalue weighted by Crippen LogP contribution is -2.33. The van der Waals surface area contributed by atoms with E-state index in [0.717, 1.165) is 16.8 Å². The summed E-state index contributed by atoms with van der Waals surface area (Å²) >= 11 is 0. The number of anilines is 2. The number of imide groups is 1. The summed E-state index contributed by atoms with van der Waals surface area (Å²) < 4.78 is 5.26. The van der Waals surface area contributed by atoms with Gasteiger partial charge in [-0.05, 0) is 72.4 Å². The van der Waals surface area contributed by atoms with Gasteiger partial charge in [0.05, 0.1) is 18.4 Å². The van der Waals surface area contributed by atoms with Crippen LogP contribution in [0.15, 0.2) is 72.4 Å². The van der Waals surface area contributed by atoms with Crippen LogP contribution in [0.25, 0.3) is 5.57 Å². The maximum Gasteiger partial charge on any atom is 0.282 e. The second-order valence-corrected chi connectivity index (χ2v) is 8.54. The molecule has 5 heteroatoms. The van der Waals surface area contributed by atoms with E-state index in [1.165, 1.54) is 10.5 Å². The van der Waals surface area contributed by atoms with E-state index in [4.69, 9.17) is 4.74 Å². The van der Waals surface area contributed by atoms with Gasteiger partial charge in [-0.2, -0.15) is 0 Å². The lowest BCUT2D eigenvalue weighted by Gasteiger charge is -2.19. The molecule has 2 amide bonds. The highest BCUT2D eigenvalue weighted by atomic mass is 16.5. The summed E-state index contributed by atoms with van der Waals surface area (Å²) in [4.78, 5) is 28.6. The minimum absolute atomic E-state index is 0.267. The Hall–Kier alpha value is -3.86. The molecule has 33 heavy (non-hydrogen) atoms. The topological polar surface area (TPSA) is 58.6 Å². The number of benzene rings is 3. The van der Waals surface area contributed by atoms with Crippen LogP contribution in [0, 0.1) is 13.8 Å². The molecular weight excluding hydrogens is 412 g/mol. The van der Waals surface area contributed by atoms with Gasteiger partial charge in [0.2, 0.25) is 0 Å². The van der Waals surface area contributed by atoms with E-state index in [1.54, 1.807) is 31.4 Å². The molecule has 0 saturated carbocycles. The van der Waals surface area contributed by atoms with Gasteiger partial charge in [-0.3, -0.25) is 9.59 Å². The Labute approximate surface area is 194 Å². The van der Waals surface area contributed by atoms with Crippen molar-refractivity contribution in [2.24, 2.45) is 0 Å². The van der Waals surface area contributed by atoms with Crippen LogP contribution in [-0.4, -0.2) is 18.9 Å². The van der Waals surface area contributed by atoms with Gasteiger partial charge in [0.1, 0.15) is 11.4 Å². The van der Waals surface area contributed by atoms with Crippen molar-refractivity contribution in [3.05, 3.63) is 94.7 Å². The lowest BCUT2D eigenvalue weighted by molar-refractivity contribution is -0.120. The van der Waals surface area contributed by atoms with Crippen LogP contribution >= 0.6 is 0 Å². The third-order valence-electron chi connectivity index (χ3n) is 6.13. The van der Waals surface area contributed by atoms with Crippen molar-refractivity contribution in [1.29, 1.82) is 0 Å². The molecule has 5 nitrogen and oxygen atoms in total. The quantitative estimate of drug-likeness (QED) is 0.490. The number of carbonyl (C=O) groups is 2. The predicted octanol–water partition coefficient (Wildman–Crippen LogP) is 5.83. The SMILES string of the molecule is COc1ccc(C2=C(Nc3ccc(C(C)C)cc3)C(=O)N(c3cccc(C)c3C)C2=O)cc1. The van der Waals surface area contributed by atoms with Crippen LogP contribution in [0.4, 0.5) is 11.4 Å². The molecule has 0 aromatic heterocycles. The Bertz CT molecular complexity index is 1240. The standard InChI is InChI=1S/C28H28N2O3/c1-17(2)20-9-13-22(14-10-20)29-26-25(21-11-15-23(33-5)16-12-21)27(31)30(28(26)32)24-8-6-7-18(3)19(24)4/h6-17,29H,1-5H3. The van der Waals surface area contributed by atoms with Gasteiger partial charge in [0.25, 0.3) is 11.8 Å². The van der Waals surface area contributed by atoms with Crippen molar-refractivity contribution >= 4 is 28.8 Å². The maximum absolute atomic E-state index is 13.7. The fourth-order valence-corrected chi connectivity index (χ4v) is 3.96. The average Bonchev–Trinajstić information content (AvgIpc) is 3.05. The van der Waals surface area contributed by atoms with Crippen LogP contribution in [0.2, 0.25) is 0 Å². The van der Waals surface area contributed by atoms with E-state index in [-0.39, 0.29) is 17.5 Å². The molecule has 4 rings (SSSR count). The molecule has 0 atom stereocenters. The number of nitrogens with zero attached hydrogens (tertiary/aromatic N) is 1. The highest BCUT2D eigenvalue weighted by Crippen LogP contribution is 2.36. The third kappa shape index (κ3) is 4.14. The second kappa shape index (κ2) is 8.94. The van der Waals surface area contributed by atoms with Gasteiger partial charge in [-0.15, -0.1) is 0 Å². The molecule has 0 radical (unpaired) electrons. The van der Waals surface area contributed by atoms with E-state index in [1.807, 2.05) is 56.3 Å². The van der Waals surface area contributed by atoms with Crippen molar-refractivity contribution in [2.45, 2.75) is 33.6 Å². The Balaban J connectivity index is 1.80. The van der Waals surface area contributed by atoms with E-state index < -0.39 is 0 Å². The number of aryl methyl sites for hydroxylation is 1. The summed E-state index contributed by atoms with van der Waals surface area (Å²) in [7, 11) is 1.59. The highest BCUT2D eigenvalue weighted by molar-refractivity contribution is 6.46. The van der Waals surface area contributed by atoms with Crippen LogP contribution in [0.1, 0.15) is 42.0 Å². The maximum atomic E-state index is 13.7. The first-order valence-electron chi connectivity index (χ1n) is 11.0.